The molecule has 1 aromatic carbocycles. The van der Waals surface area contributed by atoms with Gasteiger partial charge in [0.2, 0.25) is 0 Å². The Kier molecular flexibility index (Phi) is 5.44. The highest BCUT2D eigenvalue weighted by Gasteiger charge is 2.35. The number of hydrogen-bond donors (Lipinski definition) is 1. The zero-order chi connectivity index (χ0) is 15.4. The van der Waals surface area contributed by atoms with Gasteiger partial charge >= 0.3 is 0 Å². The second-order valence-corrected chi connectivity index (χ2v) is 7.80. The molecule has 2 aliphatic carbocycles. The molecule has 4 atom stereocenters. The molecular weight excluding hydrogens is 268 g/mol. The lowest BCUT2D eigenvalue weighted by Crippen LogP contribution is -2.30. The van der Waals surface area contributed by atoms with Gasteiger partial charge in [0.1, 0.15) is 5.75 Å². The zero-order valence-corrected chi connectivity index (χ0v) is 14.1. The van der Waals surface area contributed by atoms with Crippen molar-refractivity contribution in [1.29, 1.82) is 0 Å². The highest BCUT2D eigenvalue weighted by molar-refractivity contribution is 5.28. The van der Waals surface area contributed by atoms with Gasteiger partial charge in [0.05, 0.1) is 0 Å². The predicted octanol–water partition coefficient (Wildman–Crippen LogP) is 6.27. The molecule has 0 amide bonds. The minimum absolute atomic E-state index is 0.394. The van der Waals surface area contributed by atoms with E-state index in [9.17, 15) is 5.11 Å². The molecule has 0 radical (unpaired) electrons. The summed E-state index contributed by atoms with van der Waals surface area (Å²) >= 11 is 0. The van der Waals surface area contributed by atoms with Gasteiger partial charge in [-0.15, -0.1) is 0 Å². The maximum atomic E-state index is 9.46. The van der Waals surface area contributed by atoms with Crippen LogP contribution >= 0.6 is 0 Å². The van der Waals surface area contributed by atoms with Gasteiger partial charge in [-0.2, -0.15) is 0 Å². The fourth-order valence-electron chi connectivity index (χ4n) is 4.98. The first-order valence-electron chi connectivity index (χ1n) is 9.55. The van der Waals surface area contributed by atoms with E-state index in [-0.39, 0.29) is 0 Å². The van der Waals surface area contributed by atoms with Gasteiger partial charge < -0.3 is 5.11 Å². The highest BCUT2D eigenvalue weighted by Crippen LogP contribution is 2.48. The highest BCUT2D eigenvalue weighted by atomic mass is 16.3. The van der Waals surface area contributed by atoms with Crippen LogP contribution in [-0.2, 0) is 0 Å². The third-order valence-electron chi connectivity index (χ3n) is 6.30. The van der Waals surface area contributed by atoms with Crippen molar-refractivity contribution in [3.8, 4) is 5.75 Å². The molecule has 1 heteroatoms. The van der Waals surface area contributed by atoms with Crippen LogP contribution in [-0.4, -0.2) is 5.11 Å². The summed E-state index contributed by atoms with van der Waals surface area (Å²) in [7, 11) is 0. The summed E-state index contributed by atoms with van der Waals surface area (Å²) in [6.07, 6.45) is 14.3. The van der Waals surface area contributed by atoms with Gasteiger partial charge in [-0.25, -0.2) is 0 Å². The molecule has 0 aromatic heterocycles. The third-order valence-corrected chi connectivity index (χ3v) is 6.30. The van der Waals surface area contributed by atoms with Crippen LogP contribution in [0.4, 0.5) is 0 Å². The Morgan fingerprint density at radius 1 is 0.909 bits per heavy atom. The minimum Gasteiger partial charge on any atom is -0.508 e. The van der Waals surface area contributed by atoms with Crippen LogP contribution in [0.5, 0.6) is 5.75 Å². The summed E-state index contributed by atoms with van der Waals surface area (Å²) in [5.41, 5.74) is 1.45. The van der Waals surface area contributed by atoms with Crippen LogP contribution in [0, 0.1) is 17.8 Å². The molecule has 2 aliphatic rings. The Balaban J connectivity index is 1.52. The lowest BCUT2D eigenvalue weighted by molar-refractivity contribution is 0.113. The maximum absolute atomic E-state index is 9.46. The Morgan fingerprint density at radius 3 is 2.41 bits per heavy atom. The van der Waals surface area contributed by atoms with Gasteiger partial charge in [0.15, 0.2) is 0 Å². The first-order valence-corrected chi connectivity index (χ1v) is 9.55. The number of benzene rings is 1. The molecule has 122 valence electrons. The summed E-state index contributed by atoms with van der Waals surface area (Å²) in [6.45, 7) is 2.31. The van der Waals surface area contributed by atoms with E-state index in [2.05, 4.69) is 19.1 Å². The number of aromatic hydroxyl groups is 1. The molecule has 0 bridgehead atoms. The molecule has 2 saturated carbocycles. The van der Waals surface area contributed by atoms with E-state index >= 15 is 0 Å². The molecule has 0 saturated heterocycles. The lowest BCUT2D eigenvalue weighted by atomic mass is 9.63. The summed E-state index contributed by atoms with van der Waals surface area (Å²) in [5, 5.41) is 9.46. The zero-order valence-electron chi connectivity index (χ0n) is 14.1. The van der Waals surface area contributed by atoms with Gasteiger partial charge in [-0.05, 0) is 73.5 Å². The molecule has 1 unspecified atom stereocenters. The number of phenolic OH excluding ortho intramolecular Hbond substituents is 1. The molecule has 3 rings (SSSR count). The summed E-state index contributed by atoms with van der Waals surface area (Å²) in [4.78, 5) is 0. The van der Waals surface area contributed by atoms with Crippen molar-refractivity contribution in [3.05, 3.63) is 29.8 Å². The predicted molar refractivity (Wildman–Crippen MR) is 93.2 cm³/mol. The van der Waals surface area contributed by atoms with Crippen molar-refractivity contribution in [3.63, 3.8) is 0 Å². The smallest absolute Gasteiger partial charge is 0.115 e. The van der Waals surface area contributed by atoms with Gasteiger partial charge in [0, 0.05) is 0 Å². The fourth-order valence-corrected chi connectivity index (χ4v) is 4.98. The normalized spacial score (nSPS) is 31.7. The number of hydrogen-bond acceptors (Lipinski definition) is 1. The second kappa shape index (κ2) is 7.53. The van der Waals surface area contributed by atoms with Crippen LogP contribution in [0.15, 0.2) is 24.3 Å². The van der Waals surface area contributed by atoms with Crippen LogP contribution in [0.1, 0.15) is 82.6 Å². The van der Waals surface area contributed by atoms with Crippen LogP contribution in [0.3, 0.4) is 0 Å². The molecule has 0 spiro atoms. The first kappa shape index (κ1) is 15.9. The summed E-state index contributed by atoms with van der Waals surface area (Å²) < 4.78 is 0. The first-order chi connectivity index (χ1) is 10.8. The Morgan fingerprint density at radius 2 is 1.64 bits per heavy atom. The van der Waals surface area contributed by atoms with E-state index in [0.717, 1.165) is 23.7 Å². The molecule has 1 N–H and O–H groups in total. The maximum Gasteiger partial charge on any atom is 0.115 e. The molecule has 1 aromatic rings. The monoisotopic (exact) mass is 300 g/mol. The van der Waals surface area contributed by atoms with E-state index in [0.29, 0.717) is 5.75 Å². The quantitative estimate of drug-likeness (QED) is 0.635. The largest absolute Gasteiger partial charge is 0.508 e. The van der Waals surface area contributed by atoms with Crippen molar-refractivity contribution < 1.29 is 5.11 Å². The van der Waals surface area contributed by atoms with Crippen molar-refractivity contribution in [2.24, 2.45) is 17.8 Å². The number of unbranched alkanes of at least 4 members (excludes halogenated alkanes) is 2. The average Bonchev–Trinajstić information content (AvgIpc) is 2.55. The van der Waals surface area contributed by atoms with E-state index in [1.54, 1.807) is 0 Å². The summed E-state index contributed by atoms with van der Waals surface area (Å²) in [6, 6.07) is 7.98. The average molecular weight is 300 g/mol. The van der Waals surface area contributed by atoms with Crippen LogP contribution < -0.4 is 0 Å². The Labute approximate surface area is 136 Å². The fraction of sp³-hybridized carbons (Fsp3) is 0.714. The van der Waals surface area contributed by atoms with Gasteiger partial charge in [-0.3, -0.25) is 0 Å². The van der Waals surface area contributed by atoms with E-state index in [4.69, 9.17) is 0 Å². The number of fused-ring (bicyclic) bond motifs is 1. The molecule has 0 heterocycles. The molecule has 1 nitrogen and oxygen atoms in total. The Bertz CT molecular complexity index is 449. The SMILES string of the molecule is CCCCCC1CC[C@@H]2C[C@H](c3ccc(O)cc3)CC[C@@H]2C1. The van der Waals surface area contributed by atoms with Crippen molar-refractivity contribution >= 4 is 0 Å². The van der Waals surface area contributed by atoms with Crippen molar-refractivity contribution in [1.82, 2.24) is 0 Å². The van der Waals surface area contributed by atoms with Crippen molar-refractivity contribution in [2.45, 2.75) is 77.0 Å². The van der Waals surface area contributed by atoms with Crippen LogP contribution in [0.2, 0.25) is 0 Å². The van der Waals surface area contributed by atoms with E-state index in [1.165, 1.54) is 69.8 Å². The van der Waals surface area contributed by atoms with E-state index in [1.807, 2.05) is 12.1 Å². The number of rotatable bonds is 5. The molecule has 2 fully saturated rings. The lowest BCUT2D eigenvalue weighted by Gasteiger charge is -2.42. The molecular formula is C21H32O. The summed E-state index contributed by atoms with van der Waals surface area (Å²) in [5.74, 6) is 4.13. The minimum atomic E-state index is 0.394. The topological polar surface area (TPSA) is 20.2 Å². The van der Waals surface area contributed by atoms with Gasteiger partial charge in [-0.1, -0.05) is 51.2 Å². The standard InChI is InChI=1S/C21H32O/c1-2-3-4-5-16-6-7-20-15-19(9-8-18(20)14-16)17-10-12-21(22)13-11-17/h10-13,16,18-20,22H,2-9,14-15H2,1H3/t16?,18-,19-,20-/m1/s1. The van der Waals surface area contributed by atoms with Crippen molar-refractivity contribution in [2.75, 3.05) is 0 Å². The number of phenols is 1. The molecule has 0 aliphatic heterocycles. The third kappa shape index (κ3) is 3.86. The second-order valence-electron chi connectivity index (χ2n) is 7.80. The van der Waals surface area contributed by atoms with Gasteiger partial charge in [0.25, 0.3) is 0 Å². The van der Waals surface area contributed by atoms with Crippen LogP contribution in [0.25, 0.3) is 0 Å². The van der Waals surface area contributed by atoms with E-state index < -0.39 is 0 Å². The Hall–Kier alpha value is -0.980. The molecule has 22 heavy (non-hydrogen) atoms.